The summed E-state index contributed by atoms with van der Waals surface area (Å²) < 4.78 is 0. The Balaban J connectivity index is 2.12. The molecule has 0 radical (unpaired) electrons. The van der Waals surface area contributed by atoms with E-state index in [-0.39, 0.29) is 0 Å². The first-order valence-corrected chi connectivity index (χ1v) is 7.21. The molecule has 2 rings (SSSR count). The zero-order valence-electron chi connectivity index (χ0n) is 11.9. The Morgan fingerprint density at radius 1 is 1.11 bits per heavy atom. The molecule has 3 heteroatoms. The van der Waals surface area contributed by atoms with Gasteiger partial charge in [0.25, 0.3) is 0 Å². The van der Waals surface area contributed by atoms with Gasteiger partial charge in [0.1, 0.15) is 5.82 Å². The fourth-order valence-corrected chi connectivity index (χ4v) is 2.94. The van der Waals surface area contributed by atoms with Crippen LogP contribution < -0.4 is 5.32 Å². The standard InChI is InChI=1S/C15H25N3/c1-11-14(9-6-10-16-3)12(2)18-15(17-11)13-7-4-5-8-13/h13,16H,4-10H2,1-3H3. The van der Waals surface area contributed by atoms with Gasteiger partial charge in [0.2, 0.25) is 0 Å². The Bertz CT molecular complexity index is 372. The van der Waals surface area contributed by atoms with Crippen molar-refractivity contribution < 1.29 is 0 Å². The minimum Gasteiger partial charge on any atom is -0.320 e. The van der Waals surface area contributed by atoms with Gasteiger partial charge >= 0.3 is 0 Å². The average Bonchev–Trinajstić information content (AvgIpc) is 2.86. The Morgan fingerprint density at radius 3 is 2.28 bits per heavy atom. The highest BCUT2D eigenvalue weighted by molar-refractivity contribution is 5.25. The molecule has 1 aromatic heterocycles. The summed E-state index contributed by atoms with van der Waals surface area (Å²) in [6.07, 6.45) is 7.48. The van der Waals surface area contributed by atoms with E-state index in [1.807, 2.05) is 7.05 Å². The molecule has 18 heavy (non-hydrogen) atoms. The van der Waals surface area contributed by atoms with Gasteiger partial charge in [0, 0.05) is 17.3 Å². The maximum atomic E-state index is 4.76. The van der Waals surface area contributed by atoms with Crippen molar-refractivity contribution in [1.82, 2.24) is 15.3 Å². The molecule has 100 valence electrons. The van der Waals surface area contributed by atoms with Crippen molar-refractivity contribution in [2.75, 3.05) is 13.6 Å². The molecule has 1 aromatic rings. The molecule has 3 nitrogen and oxygen atoms in total. The van der Waals surface area contributed by atoms with Crippen molar-refractivity contribution in [2.24, 2.45) is 0 Å². The van der Waals surface area contributed by atoms with E-state index in [2.05, 4.69) is 19.2 Å². The summed E-state index contributed by atoms with van der Waals surface area (Å²) >= 11 is 0. The molecular formula is C15H25N3. The fourth-order valence-electron chi connectivity index (χ4n) is 2.94. The number of hydrogen-bond donors (Lipinski definition) is 1. The molecule has 1 aliphatic carbocycles. The highest BCUT2D eigenvalue weighted by Crippen LogP contribution is 2.32. The zero-order valence-corrected chi connectivity index (χ0v) is 11.9. The summed E-state index contributed by atoms with van der Waals surface area (Å²) in [5.74, 6) is 1.72. The van der Waals surface area contributed by atoms with Crippen LogP contribution >= 0.6 is 0 Å². The van der Waals surface area contributed by atoms with Crippen LogP contribution in [0.4, 0.5) is 0 Å². The number of aryl methyl sites for hydroxylation is 2. The minimum atomic E-state index is 0.619. The van der Waals surface area contributed by atoms with E-state index in [1.54, 1.807) is 0 Å². The Morgan fingerprint density at radius 2 is 1.72 bits per heavy atom. The van der Waals surface area contributed by atoms with Gasteiger partial charge in [-0.25, -0.2) is 9.97 Å². The Hall–Kier alpha value is -0.960. The van der Waals surface area contributed by atoms with Crippen molar-refractivity contribution in [1.29, 1.82) is 0 Å². The molecular weight excluding hydrogens is 222 g/mol. The van der Waals surface area contributed by atoms with E-state index in [0.717, 1.165) is 25.2 Å². The molecule has 0 unspecified atom stereocenters. The quantitative estimate of drug-likeness (QED) is 0.813. The maximum Gasteiger partial charge on any atom is 0.131 e. The Labute approximate surface area is 110 Å². The van der Waals surface area contributed by atoms with Gasteiger partial charge in [-0.05, 0) is 58.7 Å². The van der Waals surface area contributed by atoms with Crippen LogP contribution in [-0.4, -0.2) is 23.6 Å². The van der Waals surface area contributed by atoms with Crippen LogP contribution in [0.25, 0.3) is 0 Å². The lowest BCUT2D eigenvalue weighted by molar-refractivity contribution is 0.650. The predicted molar refractivity (Wildman–Crippen MR) is 75.0 cm³/mol. The van der Waals surface area contributed by atoms with E-state index in [4.69, 9.17) is 9.97 Å². The first-order chi connectivity index (χ1) is 8.72. The van der Waals surface area contributed by atoms with Crippen LogP contribution in [0, 0.1) is 13.8 Å². The van der Waals surface area contributed by atoms with E-state index >= 15 is 0 Å². The number of nitrogens with one attached hydrogen (secondary N) is 1. The highest BCUT2D eigenvalue weighted by Gasteiger charge is 2.21. The van der Waals surface area contributed by atoms with Crippen LogP contribution in [0.3, 0.4) is 0 Å². The summed E-state index contributed by atoms with van der Waals surface area (Å²) in [5.41, 5.74) is 3.74. The Kier molecular flexibility index (Phi) is 4.70. The van der Waals surface area contributed by atoms with Gasteiger partial charge in [-0.15, -0.1) is 0 Å². The van der Waals surface area contributed by atoms with Gasteiger partial charge in [0.15, 0.2) is 0 Å². The second-order valence-corrected chi connectivity index (χ2v) is 5.42. The van der Waals surface area contributed by atoms with Crippen molar-refractivity contribution in [3.05, 3.63) is 22.8 Å². The lowest BCUT2D eigenvalue weighted by Crippen LogP contribution is -2.12. The lowest BCUT2D eigenvalue weighted by Gasteiger charge is -2.14. The van der Waals surface area contributed by atoms with Gasteiger partial charge in [-0.1, -0.05) is 12.8 Å². The number of nitrogens with zero attached hydrogens (tertiary/aromatic N) is 2. The fraction of sp³-hybridized carbons (Fsp3) is 0.733. The summed E-state index contributed by atoms with van der Waals surface area (Å²) in [6.45, 7) is 5.34. The van der Waals surface area contributed by atoms with E-state index in [9.17, 15) is 0 Å². The molecule has 0 atom stereocenters. The monoisotopic (exact) mass is 247 g/mol. The molecule has 1 heterocycles. The van der Waals surface area contributed by atoms with Gasteiger partial charge in [-0.2, -0.15) is 0 Å². The molecule has 1 fully saturated rings. The third-order valence-corrected chi connectivity index (χ3v) is 4.01. The largest absolute Gasteiger partial charge is 0.320 e. The highest BCUT2D eigenvalue weighted by atomic mass is 14.9. The molecule has 0 spiro atoms. The van der Waals surface area contributed by atoms with Crippen molar-refractivity contribution >= 4 is 0 Å². The second kappa shape index (κ2) is 6.28. The van der Waals surface area contributed by atoms with E-state index in [1.165, 1.54) is 42.6 Å². The molecule has 1 aliphatic rings. The maximum absolute atomic E-state index is 4.76. The summed E-state index contributed by atoms with van der Waals surface area (Å²) in [5, 5.41) is 3.19. The van der Waals surface area contributed by atoms with Crippen LogP contribution in [0.1, 0.15) is 60.8 Å². The average molecular weight is 247 g/mol. The molecule has 0 aliphatic heterocycles. The summed E-state index contributed by atoms with van der Waals surface area (Å²) in [4.78, 5) is 9.53. The zero-order chi connectivity index (χ0) is 13.0. The van der Waals surface area contributed by atoms with Gasteiger partial charge < -0.3 is 5.32 Å². The van der Waals surface area contributed by atoms with Crippen molar-refractivity contribution in [3.8, 4) is 0 Å². The first-order valence-electron chi connectivity index (χ1n) is 7.21. The molecule has 0 bridgehead atoms. The first kappa shape index (κ1) is 13.5. The molecule has 1 N–H and O–H groups in total. The van der Waals surface area contributed by atoms with Crippen LogP contribution in [0.15, 0.2) is 0 Å². The second-order valence-electron chi connectivity index (χ2n) is 5.42. The minimum absolute atomic E-state index is 0.619. The van der Waals surface area contributed by atoms with Crippen LogP contribution in [-0.2, 0) is 6.42 Å². The van der Waals surface area contributed by atoms with Crippen LogP contribution in [0.2, 0.25) is 0 Å². The molecule has 0 amide bonds. The number of aromatic nitrogens is 2. The molecule has 0 aromatic carbocycles. The van der Waals surface area contributed by atoms with E-state index < -0.39 is 0 Å². The number of rotatable bonds is 5. The third-order valence-electron chi connectivity index (χ3n) is 4.01. The smallest absolute Gasteiger partial charge is 0.131 e. The summed E-state index contributed by atoms with van der Waals surface area (Å²) in [6, 6.07) is 0. The summed E-state index contributed by atoms with van der Waals surface area (Å²) in [7, 11) is 2.00. The third kappa shape index (κ3) is 3.08. The van der Waals surface area contributed by atoms with Gasteiger partial charge in [0.05, 0.1) is 0 Å². The van der Waals surface area contributed by atoms with Gasteiger partial charge in [-0.3, -0.25) is 0 Å². The predicted octanol–water partition coefficient (Wildman–Crippen LogP) is 2.90. The van der Waals surface area contributed by atoms with Crippen molar-refractivity contribution in [2.45, 2.75) is 58.3 Å². The topological polar surface area (TPSA) is 37.8 Å². The lowest BCUT2D eigenvalue weighted by atomic mass is 10.0. The molecule has 0 saturated heterocycles. The normalized spacial score (nSPS) is 16.4. The van der Waals surface area contributed by atoms with E-state index in [0.29, 0.717) is 5.92 Å². The van der Waals surface area contributed by atoms with Crippen LogP contribution in [0.5, 0.6) is 0 Å². The molecule has 1 saturated carbocycles. The SMILES string of the molecule is CNCCCc1c(C)nc(C2CCCC2)nc1C. The van der Waals surface area contributed by atoms with Crippen molar-refractivity contribution in [3.63, 3.8) is 0 Å². The number of hydrogen-bond acceptors (Lipinski definition) is 3.